The molecule has 0 radical (unpaired) electrons. The number of amides is 2. The van der Waals surface area contributed by atoms with Gasteiger partial charge >= 0.3 is 12.0 Å². The first-order valence-electron chi connectivity index (χ1n) is 12.8. The van der Waals surface area contributed by atoms with Crippen LogP contribution in [0.2, 0.25) is 0 Å². The van der Waals surface area contributed by atoms with Crippen molar-refractivity contribution >= 4 is 29.4 Å². The average molecular weight is 525 g/mol. The van der Waals surface area contributed by atoms with Crippen LogP contribution in [-0.4, -0.2) is 30.2 Å². The Kier molecular flexibility index (Phi) is 9.99. The van der Waals surface area contributed by atoms with Gasteiger partial charge in [-0.2, -0.15) is 0 Å². The summed E-state index contributed by atoms with van der Waals surface area (Å²) in [6, 6.07) is 36.0. The highest BCUT2D eigenvalue weighted by atomic mass is 32.2. The quantitative estimate of drug-likeness (QED) is 0.213. The number of benzene rings is 4. The largest absolute Gasteiger partial charge is 0.481 e. The number of urea groups is 1. The van der Waals surface area contributed by atoms with Gasteiger partial charge in [-0.05, 0) is 72.4 Å². The minimum atomic E-state index is -0.835. The summed E-state index contributed by atoms with van der Waals surface area (Å²) in [5, 5.41) is 12.0. The molecule has 0 aromatic heterocycles. The van der Waals surface area contributed by atoms with Gasteiger partial charge in [-0.25, -0.2) is 4.79 Å². The molecule has 0 aliphatic rings. The van der Waals surface area contributed by atoms with Gasteiger partial charge in [0.2, 0.25) is 0 Å². The van der Waals surface area contributed by atoms with Gasteiger partial charge in [-0.3, -0.25) is 9.69 Å². The van der Waals surface area contributed by atoms with E-state index in [-0.39, 0.29) is 12.5 Å². The first-order valence-corrected chi connectivity index (χ1v) is 13.6. The van der Waals surface area contributed by atoms with Crippen LogP contribution in [0.15, 0.2) is 119 Å². The Morgan fingerprint density at radius 3 is 1.82 bits per heavy atom. The van der Waals surface area contributed by atoms with E-state index in [0.717, 1.165) is 40.3 Å². The van der Waals surface area contributed by atoms with Crippen LogP contribution in [0.3, 0.4) is 0 Å². The molecule has 4 rings (SSSR count). The van der Waals surface area contributed by atoms with E-state index in [1.807, 2.05) is 89.8 Å². The summed E-state index contributed by atoms with van der Waals surface area (Å²) in [5.41, 5.74) is 4.09. The number of rotatable bonds is 12. The molecule has 0 aliphatic heterocycles. The molecule has 0 fully saturated rings. The Balaban J connectivity index is 1.39. The van der Waals surface area contributed by atoms with E-state index >= 15 is 0 Å². The van der Waals surface area contributed by atoms with Crippen molar-refractivity contribution in [1.82, 2.24) is 5.32 Å². The average Bonchev–Trinajstić information content (AvgIpc) is 2.94. The Hall–Kier alpha value is -4.03. The summed E-state index contributed by atoms with van der Waals surface area (Å²) in [4.78, 5) is 28.0. The Morgan fingerprint density at radius 1 is 0.684 bits per heavy atom. The summed E-state index contributed by atoms with van der Waals surface area (Å²) in [5.74, 6) is -0.835. The predicted molar refractivity (Wildman–Crippen MR) is 154 cm³/mol. The van der Waals surface area contributed by atoms with Crippen LogP contribution in [0.5, 0.6) is 0 Å². The molecule has 0 bridgehead atoms. The monoisotopic (exact) mass is 524 g/mol. The van der Waals surface area contributed by atoms with Crippen LogP contribution in [0.4, 0.5) is 10.5 Å². The minimum Gasteiger partial charge on any atom is -0.481 e. The highest BCUT2D eigenvalue weighted by Gasteiger charge is 2.15. The second-order valence-electron chi connectivity index (χ2n) is 9.02. The maximum absolute atomic E-state index is 13.2. The summed E-state index contributed by atoms with van der Waals surface area (Å²) < 4.78 is 0. The van der Waals surface area contributed by atoms with Crippen molar-refractivity contribution in [2.75, 3.05) is 18.0 Å². The van der Waals surface area contributed by atoms with Gasteiger partial charge in [0.25, 0.3) is 0 Å². The van der Waals surface area contributed by atoms with Gasteiger partial charge in [-0.15, -0.1) is 0 Å². The first-order chi connectivity index (χ1) is 18.6. The summed E-state index contributed by atoms with van der Waals surface area (Å²) in [6.07, 6.45) is 2.56. The predicted octanol–water partition coefficient (Wildman–Crippen LogP) is 6.86. The van der Waals surface area contributed by atoms with E-state index < -0.39 is 5.97 Å². The molecule has 0 unspecified atom stereocenters. The molecule has 0 saturated carbocycles. The number of nitrogens with one attached hydrogen (secondary N) is 1. The van der Waals surface area contributed by atoms with Gasteiger partial charge in [0, 0.05) is 28.6 Å². The van der Waals surface area contributed by atoms with Crippen molar-refractivity contribution < 1.29 is 14.7 Å². The molecule has 5 nitrogen and oxygen atoms in total. The molecule has 2 amide bonds. The van der Waals surface area contributed by atoms with Crippen LogP contribution in [0.1, 0.15) is 23.1 Å². The van der Waals surface area contributed by atoms with E-state index in [1.165, 1.54) is 11.1 Å². The third-order valence-corrected chi connectivity index (χ3v) is 7.15. The number of hydrogen-bond donors (Lipinski definition) is 2. The molecule has 4 aromatic carbocycles. The molecule has 38 heavy (non-hydrogen) atoms. The van der Waals surface area contributed by atoms with E-state index in [4.69, 9.17) is 5.11 Å². The van der Waals surface area contributed by atoms with E-state index in [1.54, 1.807) is 11.8 Å². The van der Waals surface area contributed by atoms with Gasteiger partial charge < -0.3 is 10.4 Å². The van der Waals surface area contributed by atoms with Crippen LogP contribution >= 0.6 is 11.8 Å². The van der Waals surface area contributed by atoms with Gasteiger partial charge in [0.05, 0.1) is 6.42 Å². The zero-order valence-corrected chi connectivity index (χ0v) is 22.1. The van der Waals surface area contributed by atoms with Crippen LogP contribution in [-0.2, 0) is 24.1 Å². The highest BCUT2D eigenvalue weighted by molar-refractivity contribution is 7.99. The smallest absolute Gasteiger partial charge is 0.321 e. The second kappa shape index (κ2) is 14.1. The molecule has 0 atom stereocenters. The fraction of sp³-hybridized carbons (Fsp3) is 0.188. The van der Waals surface area contributed by atoms with Crippen molar-refractivity contribution in [3.63, 3.8) is 0 Å². The summed E-state index contributed by atoms with van der Waals surface area (Å²) in [7, 11) is 0. The molecule has 2 N–H and O–H groups in total. The number of carbonyl (C=O) groups excluding carboxylic acids is 1. The van der Waals surface area contributed by atoms with Crippen molar-refractivity contribution in [2.45, 2.75) is 35.5 Å². The lowest BCUT2D eigenvalue weighted by molar-refractivity contribution is -0.136. The van der Waals surface area contributed by atoms with Crippen LogP contribution < -0.4 is 10.2 Å². The Bertz CT molecular complexity index is 1290. The maximum atomic E-state index is 13.2. The number of anilines is 1. The fourth-order valence-corrected chi connectivity index (χ4v) is 4.98. The molecule has 0 spiro atoms. The molecular formula is C32H32N2O3S. The summed E-state index contributed by atoms with van der Waals surface area (Å²) in [6.45, 7) is 1.19. The van der Waals surface area contributed by atoms with Crippen molar-refractivity contribution in [3.8, 4) is 0 Å². The number of nitrogens with zero attached hydrogens (tertiary/aromatic N) is 1. The summed E-state index contributed by atoms with van der Waals surface area (Å²) >= 11 is 1.60. The molecule has 194 valence electrons. The maximum Gasteiger partial charge on any atom is 0.321 e. The molecule has 0 aliphatic carbocycles. The third kappa shape index (κ3) is 8.53. The Labute approximate surface area is 228 Å². The van der Waals surface area contributed by atoms with E-state index in [2.05, 4.69) is 29.6 Å². The molecule has 0 saturated heterocycles. The van der Waals surface area contributed by atoms with Crippen molar-refractivity contribution in [1.29, 1.82) is 0 Å². The normalized spacial score (nSPS) is 10.6. The first kappa shape index (κ1) is 27.0. The zero-order valence-electron chi connectivity index (χ0n) is 21.3. The number of carbonyl (C=O) groups is 2. The molecule has 4 aromatic rings. The lowest BCUT2D eigenvalue weighted by atomic mass is 10.1. The van der Waals surface area contributed by atoms with Gasteiger partial charge in [-0.1, -0.05) is 84.6 Å². The number of hydrogen-bond acceptors (Lipinski definition) is 3. The van der Waals surface area contributed by atoms with E-state index in [9.17, 15) is 9.59 Å². The minimum absolute atomic E-state index is 0.0210. The number of aliphatic carboxylic acids is 1. The lowest BCUT2D eigenvalue weighted by Crippen LogP contribution is -2.41. The van der Waals surface area contributed by atoms with Crippen molar-refractivity contribution in [3.05, 3.63) is 126 Å². The standard InChI is InChI=1S/C32H32N2O3S/c35-31(36)24-27-13-17-29(18-14-27)38-30-19-15-28(16-20-30)34(23-7-12-25-8-3-1-4-9-25)32(37)33-22-21-26-10-5-2-6-11-26/h1-6,8-11,13-20H,7,12,21-24H2,(H,33,37)(H,35,36). The molecular weight excluding hydrogens is 492 g/mol. The molecule has 6 heteroatoms. The third-order valence-electron chi connectivity index (χ3n) is 6.13. The van der Waals surface area contributed by atoms with Crippen LogP contribution in [0.25, 0.3) is 0 Å². The van der Waals surface area contributed by atoms with Gasteiger partial charge in [0.1, 0.15) is 0 Å². The second-order valence-corrected chi connectivity index (χ2v) is 10.2. The zero-order chi connectivity index (χ0) is 26.6. The van der Waals surface area contributed by atoms with Crippen molar-refractivity contribution in [2.24, 2.45) is 0 Å². The lowest BCUT2D eigenvalue weighted by Gasteiger charge is -2.24. The molecule has 0 heterocycles. The Morgan fingerprint density at radius 2 is 1.24 bits per heavy atom. The number of aryl methyl sites for hydroxylation is 1. The SMILES string of the molecule is O=C(O)Cc1ccc(Sc2ccc(N(CCCc3ccccc3)C(=O)NCCc3ccccc3)cc2)cc1. The van der Waals surface area contributed by atoms with Gasteiger partial charge in [0.15, 0.2) is 0 Å². The topological polar surface area (TPSA) is 69.6 Å². The fourth-order valence-electron chi connectivity index (χ4n) is 4.17. The van der Waals surface area contributed by atoms with E-state index in [0.29, 0.717) is 13.1 Å². The van der Waals surface area contributed by atoms with Crippen LogP contribution in [0, 0.1) is 0 Å². The highest BCUT2D eigenvalue weighted by Crippen LogP contribution is 2.30. The number of carboxylic acid groups (broad SMARTS) is 1. The number of carboxylic acids is 1.